The lowest BCUT2D eigenvalue weighted by atomic mass is 10.1. The van der Waals surface area contributed by atoms with Gasteiger partial charge in [-0.05, 0) is 12.8 Å². The zero-order valence-electron chi connectivity index (χ0n) is 14.3. The van der Waals surface area contributed by atoms with Gasteiger partial charge in [0.05, 0.1) is 6.33 Å². The average Bonchev–Trinajstić information content (AvgIpc) is 2.92. The molecule has 2 aromatic rings. The Morgan fingerprint density at radius 1 is 1.09 bits per heavy atom. The first kappa shape index (κ1) is 17.2. The fraction of sp³-hybridized carbons (Fsp3) is 0.588. The Balaban J connectivity index is 2.08. The highest BCUT2D eigenvalue weighted by molar-refractivity contribution is 5.70. The van der Waals surface area contributed by atoms with E-state index in [9.17, 15) is 9.59 Å². The fourth-order valence-electron chi connectivity index (χ4n) is 2.72. The number of unbranched alkanes of at least 4 members (excludes halogenated alkanes) is 6. The van der Waals surface area contributed by atoms with Crippen LogP contribution in [-0.4, -0.2) is 18.7 Å². The summed E-state index contributed by atoms with van der Waals surface area (Å²) in [5.41, 5.74) is 0.182. The van der Waals surface area contributed by atoms with E-state index in [1.54, 1.807) is 31.2 Å². The van der Waals surface area contributed by atoms with E-state index in [4.69, 9.17) is 0 Å². The maximum Gasteiger partial charge on any atom is 0.336 e. The predicted molar refractivity (Wildman–Crippen MR) is 93.5 cm³/mol. The van der Waals surface area contributed by atoms with Crippen molar-refractivity contribution in [2.45, 2.75) is 51.9 Å². The monoisotopic (exact) mass is 318 g/mol. The Bertz CT molecular complexity index is 795. The molecule has 126 valence electrons. The van der Waals surface area contributed by atoms with E-state index < -0.39 is 0 Å². The van der Waals surface area contributed by atoms with E-state index in [0.717, 1.165) is 12.8 Å². The van der Waals surface area contributed by atoms with Gasteiger partial charge < -0.3 is 4.57 Å². The molecule has 0 saturated carbocycles. The molecule has 0 saturated heterocycles. The van der Waals surface area contributed by atoms with E-state index in [1.807, 2.05) is 6.08 Å². The molecule has 0 unspecified atom stereocenters. The first-order valence-electron chi connectivity index (χ1n) is 8.37. The van der Waals surface area contributed by atoms with Gasteiger partial charge in [0.2, 0.25) is 0 Å². The van der Waals surface area contributed by atoms with E-state index in [0.29, 0.717) is 11.2 Å². The molecule has 23 heavy (non-hydrogen) atoms. The molecule has 6 heteroatoms. The van der Waals surface area contributed by atoms with Crippen LogP contribution in [0.2, 0.25) is 0 Å². The molecule has 0 aliphatic heterocycles. The van der Waals surface area contributed by atoms with Crippen LogP contribution in [0.25, 0.3) is 17.4 Å². The molecule has 0 spiro atoms. The topological polar surface area (TPSA) is 61.8 Å². The summed E-state index contributed by atoms with van der Waals surface area (Å²) in [6.07, 6.45) is 13.3. The van der Waals surface area contributed by atoms with Crippen LogP contribution in [0.15, 0.2) is 22.0 Å². The van der Waals surface area contributed by atoms with Crippen molar-refractivity contribution < 1.29 is 0 Å². The number of nitrogens with zero attached hydrogens (tertiary/aromatic N) is 4. The van der Waals surface area contributed by atoms with Crippen LogP contribution in [0.1, 0.15) is 51.9 Å². The average molecular weight is 318 g/mol. The summed E-state index contributed by atoms with van der Waals surface area (Å²) < 4.78 is 4.22. The Labute approximate surface area is 136 Å². The number of hydrogen-bond donors (Lipinski definition) is 0. The van der Waals surface area contributed by atoms with Gasteiger partial charge in [-0.25, -0.2) is 14.3 Å². The van der Waals surface area contributed by atoms with Crippen molar-refractivity contribution in [1.29, 1.82) is 0 Å². The number of rotatable bonds is 8. The molecule has 0 aliphatic rings. The molecule has 0 amide bonds. The minimum Gasteiger partial charge on any atom is -0.328 e. The lowest BCUT2D eigenvalue weighted by Gasteiger charge is -2.04. The van der Waals surface area contributed by atoms with E-state index >= 15 is 0 Å². The molecule has 0 bridgehead atoms. The van der Waals surface area contributed by atoms with Crippen molar-refractivity contribution in [1.82, 2.24) is 18.7 Å². The van der Waals surface area contributed by atoms with Gasteiger partial charge in [-0.1, -0.05) is 45.1 Å². The minimum absolute atomic E-state index is 0.317. The molecular formula is C17H26N4O2. The molecule has 0 aliphatic carbocycles. The van der Waals surface area contributed by atoms with Crippen molar-refractivity contribution in [2.75, 3.05) is 0 Å². The molecule has 0 fully saturated rings. The van der Waals surface area contributed by atoms with Crippen LogP contribution in [0.5, 0.6) is 0 Å². The molecule has 2 rings (SSSR count). The summed E-state index contributed by atoms with van der Waals surface area (Å²) in [7, 11) is 3.39. The number of allylic oxidation sites excluding steroid dienone is 1. The maximum absolute atomic E-state index is 12.5. The van der Waals surface area contributed by atoms with Gasteiger partial charge in [0.1, 0.15) is 0 Å². The van der Waals surface area contributed by atoms with Crippen LogP contribution in [-0.2, 0) is 14.1 Å². The third-order valence-electron chi connectivity index (χ3n) is 4.13. The largest absolute Gasteiger partial charge is 0.336 e. The van der Waals surface area contributed by atoms with Crippen molar-refractivity contribution in [3.05, 3.63) is 33.2 Å². The summed E-state index contributed by atoms with van der Waals surface area (Å²) in [4.78, 5) is 28.8. The van der Waals surface area contributed by atoms with Crippen molar-refractivity contribution >= 4 is 17.4 Å². The Morgan fingerprint density at radius 2 is 1.78 bits per heavy atom. The molecule has 0 radical (unpaired) electrons. The molecule has 2 aromatic heterocycles. The predicted octanol–water partition coefficient (Wildman–Crippen LogP) is 2.66. The standard InChI is InChI=1S/C17H26N4O2/c1-4-5-6-7-8-9-10-11-12-21-16(22)14-15(18-13-19(14)2)20(3)17(21)23/h11-13H,4-10H2,1-3H3. The van der Waals surface area contributed by atoms with Gasteiger partial charge >= 0.3 is 5.69 Å². The number of aromatic nitrogens is 4. The molecule has 0 N–H and O–H groups in total. The minimum atomic E-state index is -0.361. The van der Waals surface area contributed by atoms with Crippen LogP contribution in [0.3, 0.4) is 0 Å². The number of aryl methyl sites for hydroxylation is 2. The third kappa shape index (κ3) is 3.81. The highest BCUT2D eigenvalue weighted by Gasteiger charge is 2.12. The summed E-state index contributed by atoms with van der Waals surface area (Å²) >= 11 is 0. The van der Waals surface area contributed by atoms with Crippen LogP contribution in [0.4, 0.5) is 0 Å². The fourth-order valence-corrected chi connectivity index (χ4v) is 2.72. The molecule has 2 heterocycles. The molecular weight excluding hydrogens is 292 g/mol. The zero-order valence-corrected chi connectivity index (χ0v) is 14.3. The first-order valence-corrected chi connectivity index (χ1v) is 8.37. The van der Waals surface area contributed by atoms with Gasteiger partial charge in [0.25, 0.3) is 5.56 Å². The highest BCUT2D eigenvalue weighted by atomic mass is 16.2. The smallest absolute Gasteiger partial charge is 0.328 e. The lowest BCUT2D eigenvalue weighted by Crippen LogP contribution is -2.36. The Hall–Kier alpha value is -2.11. The van der Waals surface area contributed by atoms with E-state index in [-0.39, 0.29) is 11.2 Å². The third-order valence-corrected chi connectivity index (χ3v) is 4.13. The quantitative estimate of drug-likeness (QED) is 0.703. The molecule has 0 atom stereocenters. The van der Waals surface area contributed by atoms with Crippen molar-refractivity contribution in [3.63, 3.8) is 0 Å². The van der Waals surface area contributed by atoms with Crippen LogP contribution in [0, 0.1) is 0 Å². The Morgan fingerprint density at radius 3 is 2.52 bits per heavy atom. The highest BCUT2D eigenvalue weighted by Crippen LogP contribution is 2.07. The summed E-state index contributed by atoms with van der Waals surface area (Å²) in [5, 5.41) is 0. The number of imidazole rings is 1. The van der Waals surface area contributed by atoms with Crippen molar-refractivity contribution in [3.8, 4) is 0 Å². The number of hydrogen-bond acceptors (Lipinski definition) is 3. The zero-order chi connectivity index (χ0) is 16.8. The normalized spacial score (nSPS) is 11.8. The van der Waals surface area contributed by atoms with Gasteiger partial charge in [-0.3, -0.25) is 9.36 Å². The van der Waals surface area contributed by atoms with Gasteiger partial charge in [-0.15, -0.1) is 0 Å². The second kappa shape index (κ2) is 7.94. The van der Waals surface area contributed by atoms with E-state index in [2.05, 4.69) is 11.9 Å². The van der Waals surface area contributed by atoms with Gasteiger partial charge in [0.15, 0.2) is 11.2 Å². The second-order valence-corrected chi connectivity index (χ2v) is 5.99. The Kier molecular flexibility index (Phi) is 5.96. The molecule has 0 aromatic carbocycles. The summed E-state index contributed by atoms with van der Waals surface area (Å²) in [6, 6.07) is 0. The summed E-state index contributed by atoms with van der Waals surface area (Å²) in [6.45, 7) is 2.21. The van der Waals surface area contributed by atoms with Crippen LogP contribution >= 0.6 is 0 Å². The SMILES string of the molecule is CCCCCCCCC=Cn1c(=O)c2c(ncn2C)n(C)c1=O. The second-order valence-electron chi connectivity index (χ2n) is 5.99. The number of fused-ring (bicyclic) bond motifs is 1. The first-order chi connectivity index (χ1) is 11.1. The van der Waals surface area contributed by atoms with E-state index in [1.165, 1.54) is 41.2 Å². The lowest BCUT2D eigenvalue weighted by molar-refractivity contribution is 0.611. The van der Waals surface area contributed by atoms with Gasteiger partial charge in [-0.2, -0.15) is 0 Å². The summed E-state index contributed by atoms with van der Waals surface area (Å²) in [5.74, 6) is 0. The molecule has 6 nitrogen and oxygen atoms in total. The maximum atomic E-state index is 12.5. The van der Waals surface area contributed by atoms with Crippen LogP contribution < -0.4 is 11.2 Å². The van der Waals surface area contributed by atoms with Gasteiger partial charge in [0, 0.05) is 20.3 Å². The van der Waals surface area contributed by atoms with Crippen molar-refractivity contribution in [2.24, 2.45) is 14.1 Å².